The molecule has 0 aliphatic carbocycles. The lowest BCUT2D eigenvalue weighted by Crippen LogP contribution is -2.52. The third-order valence-electron chi connectivity index (χ3n) is 3.69. The third-order valence-corrected chi connectivity index (χ3v) is 8.44. The Morgan fingerprint density at radius 3 is 1.87 bits per heavy atom. The standard InChI is InChI=1S/C13H19OP/c1-12(2)10-13(3,4)15(12,14)11-8-6-5-7-9-11/h5-9H,10H2,1-4H3. The van der Waals surface area contributed by atoms with Crippen molar-refractivity contribution in [1.29, 1.82) is 0 Å². The van der Waals surface area contributed by atoms with Gasteiger partial charge in [0.15, 0.2) is 0 Å². The fourth-order valence-electron chi connectivity index (χ4n) is 3.35. The second kappa shape index (κ2) is 2.98. The quantitative estimate of drug-likeness (QED) is 0.663. The van der Waals surface area contributed by atoms with Gasteiger partial charge in [0.1, 0.15) is 7.14 Å². The molecule has 1 aliphatic rings. The molecule has 1 fully saturated rings. The normalized spacial score (nSPS) is 25.6. The first-order valence-electron chi connectivity index (χ1n) is 5.47. The molecule has 0 unspecified atom stereocenters. The smallest absolute Gasteiger partial charge is 0.126 e. The monoisotopic (exact) mass is 222 g/mol. The molecule has 1 aliphatic heterocycles. The lowest BCUT2D eigenvalue weighted by Gasteiger charge is -2.57. The van der Waals surface area contributed by atoms with Crippen molar-refractivity contribution in [1.82, 2.24) is 0 Å². The summed E-state index contributed by atoms with van der Waals surface area (Å²) >= 11 is 0. The van der Waals surface area contributed by atoms with Gasteiger partial charge < -0.3 is 4.57 Å². The van der Waals surface area contributed by atoms with E-state index in [0.29, 0.717) is 0 Å². The first-order chi connectivity index (χ1) is 6.81. The van der Waals surface area contributed by atoms with Gasteiger partial charge >= 0.3 is 0 Å². The molecule has 15 heavy (non-hydrogen) atoms. The summed E-state index contributed by atoms with van der Waals surface area (Å²) in [6.45, 7) is 8.52. The summed E-state index contributed by atoms with van der Waals surface area (Å²) < 4.78 is 13.2. The summed E-state index contributed by atoms with van der Waals surface area (Å²) in [5, 5.41) is 0.988. The maximum absolute atomic E-state index is 13.2. The van der Waals surface area contributed by atoms with E-state index in [1.165, 1.54) is 0 Å². The highest BCUT2D eigenvalue weighted by atomic mass is 31.2. The van der Waals surface area contributed by atoms with Crippen LogP contribution in [0.2, 0.25) is 0 Å². The molecule has 1 nitrogen and oxygen atoms in total. The third kappa shape index (κ3) is 1.26. The van der Waals surface area contributed by atoms with Crippen LogP contribution >= 0.6 is 7.14 Å². The van der Waals surface area contributed by atoms with Crippen LogP contribution in [0.25, 0.3) is 0 Å². The Labute approximate surface area is 92.3 Å². The van der Waals surface area contributed by atoms with E-state index >= 15 is 0 Å². The van der Waals surface area contributed by atoms with Crippen molar-refractivity contribution in [2.24, 2.45) is 0 Å². The molecule has 0 N–H and O–H groups in total. The molecule has 1 saturated heterocycles. The van der Waals surface area contributed by atoms with Crippen molar-refractivity contribution in [2.75, 3.05) is 0 Å². The van der Waals surface area contributed by atoms with Crippen LogP contribution in [0.1, 0.15) is 34.1 Å². The highest BCUT2D eigenvalue weighted by Crippen LogP contribution is 2.78. The maximum atomic E-state index is 13.2. The van der Waals surface area contributed by atoms with Crippen LogP contribution in [0.4, 0.5) is 0 Å². The first-order valence-corrected chi connectivity index (χ1v) is 7.18. The summed E-state index contributed by atoms with van der Waals surface area (Å²) in [6, 6.07) is 9.99. The van der Waals surface area contributed by atoms with Crippen molar-refractivity contribution in [2.45, 2.75) is 44.4 Å². The summed E-state index contributed by atoms with van der Waals surface area (Å²) in [5.74, 6) is 0. The number of rotatable bonds is 1. The predicted molar refractivity (Wildman–Crippen MR) is 66.5 cm³/mol. The minimum atomic E-state index is -2.25. The van der Waals surface area contributed by atoms with Gasteiger partial charge in [-0.25, -0.2) is 0 Å². The van der Waals surface area contributed by atoms with E-state index in [1.54, 1.807) is 0 Å². The summed E-state index contributed by atoms with van der Waals surface area (Å²) in [7, 11) is -2.25. The predicted octanol–water partition coefficient (Wildman–Crippen LogP) is 3.64. The van der Waals surface area contributed by atoms with Crippen LogP contribution in [0.3, 0.4) is 0 Å². The lowest BCUT2D eigenvalue weighted by molar-refractivity contribution is 0.393. The van der Waals surface area contributed by atoms with Crippen molar-refractivity contribution in [3.63, 3.8) is 0 Å². The van der Waals surface area contributed by atoms with Gasteiger partial charge in [-0.2, -0.15) is 0 Å². The second-order valence-electron chi connectivity index (χ2n) is 5.75. The van der Waals surface area contributed by atoms with Gasteiger partial charge in [-0.3, -0.25) is 0 Å². The van der Waals surface area contributed by atoms with Gasteiger partial charge in [-0.15, -0.1) is 0 Å². The molecule has 0 radical (unpaired) electrons. The molecular formula is C13H19OP. The molecule has 0 bridgehead atoms. The molecule has 2 rings (SSSR count). The zero-order chi connectivity index (χ0) is 11.3. The largest absolute Gasteiger partial charge is 0.318 e. The minimum absolute atomic E-state index is 0.0299. The van der Waals surface area contributed by atoms with Crippen molar-refractivity contribution in [3.05, 3.63) is 30.3 Å². The number of hydrogen-bond acceptors (Lipinski definition) is 1. The fourth-order valence-corrected chi connectivity index (χ4v) is 7.94. The van der Waals surface area contributed by atoms with Crippen LogP contribution in [0.5, 0.6) is 0 Å². The van der Waals surface area contributed by atoms with Crippen LogP contribution in [-0.2, 0) is 4.57 Å². The molecule has 1 aromatic rings. The molecule has 0 amide bonds. The highest BCUT2D eigenvalue weighted by molar-refractivity contribution is 7.76. The average molecular weight is 222 g/mol. The molecule has 2 heteroatoms. The zero-order valence-electron chi connectivity index (χ0n) is 9.95. The molecule has 0 atom stereocenters. The number of benzene rings is 1. The van der Waals surface area contributed by atoms with Crippen molar-refractivity contribution in [3.8, 4) is 0 Å². The SMILES string of the molecule is CC1(C)CC(C)(C)P1(=O)c1ccccc1. The van der Waals surface area contributed by atoms with E-state index in [2.05, 4.69) is 27.7 Å². The Morgan fingerprint density at radius 2 is 1.47 bits per heavy atom. The summed E-state index contributed by atoms with van der Waals surface area (Å²) in [6.07, 6.45) is 1.05. The van der Waals surface area contributed by atoms with Gasteiger partial charge in [-0.1, -0.05) is 58.0 Å². The van der Waals surface area contributed by atoms with Crippen LogP contribution in [-0.4, -0.2) is 10.3 Å². The molecule has 82 valence electrons. The van der Waals surface area contributed by atoms with Gasteiger partial charge in [0.05, 0.1) is 0 Å². The highest BCUT2D eigenvalue weighted by Gasteiger charge is 2.62. The van der Waals surface area contributed by atoms with Gasteiger partial charge in [0, 0.05) is 15.6 Å². The first kappa shape index (κ1) is 11.0. The molecule has 0 aromatic heterocycles. The Balaban J connectivity index is 2.56. The van der Waals surface area contributed by atoms with E-state index < -0.39 is 7.14 Å². The van der Waals surface area contributed by atoms with E-state index in [-0.39, 0.29) is 10.3 Å². The second-order valence-corrected chi connectivity index (χ2v) is 9.90. The topological polar surface area (TPSA) is 17.1 Å². The molecular weight excluding hydrogens is 203 g/mol. The average Bonchev–Trinajstić information content (AvgIpc) is 2.16. The fraction of sp³-hybridized carbons (Fsp3) is 0.538. The lowest BCUT2D eigenvalue weighted by atomic mass is 9.96. The minimum Gasteiger partial charge on any atom is -0.318 e. The van der Waals surface area contributed by atoms with Crippen LogP contribution in [0.15, 0.2) is 30.3 Å². The van der Waals surface area contributed by atoms with Gasteiger partial charge in [-0.05, 0) is 6.42 Å². The maximum Gasteiger partial charge on any atom is 0.126 e. The van der Waals surface area contributed by atoms with E-state index in [4.69, 9.17) is 0 Å². The van der Waals surface area contributed by atoms with E-state index in [0.717, 1.165) is 11.7 Å². The molecule has 1 heterocycles. The summed E-state index contributed by atoms with van der Waals surface area (Å²) in [4.78, 5) is 0. The number of hydrogen-bond donors (Lipinski definition) is 0. The Morgan fingerprint density at radius 1 is 1.00 bits per heavy atom. The van der Waals surface area contributed by atoms with Gasteiger partial charge in [0.25, 0.3) is 0 Å². The van der Waals surface area contributed by atoms with Crippen molar-refractivity contribution < 1.29 is 4.57 Å². The Kier molecular flexibility index (Phi) is 2.18. The molecule has 1 aromatic carbocycles. The Bertz CT molecular complexity index is 399. The zero-order valence-corrected chi connectivity index (χ0v) is 10.8. The summed E-state index contributed by atoms with van der Waals surface area (Å²) in [5.41, 5.74) is 0. The van der Waals surface area contributed by atoms with Crippen LogP contribution < -0.4 is 5.30 Å². The Hall–Kier alpha value is -0.550. The van der Waals surface area contributed by atoms with E-state index in [1.807, 2.05) is 30.3 Å². The molecule has 0 spiro atoms. The van der Waals surface area contributed by atoms with Gasteiger partial charge in [0.2, 0.25) is 0 Å². The van der Waals surface area contributed by atoms with Crippen molar-refractivity contribution >= 4 is 12.4 Å². The molecule has 0 saturated carbocycles. The van der Waals surface area contributed by atoms with Crippen LogP contribution in [0, 0.1) is 0 Å². The van der Waals surface area contributed by atoms with E-state index in [9.17, 15) is 4.57 Å².